The summed E-state index contributed by atoms with van der Waals surface area (Å²) in [5.74, 6) is -0.494. The monoisotopic (exact) mass is 280 g/mol. The lowest BCUT2D eigenvalue weighted by atomic mass is 10.1. The van der Waals surface area contributed by atoms with Crippen molar-refractivity contribution in [1.29, 1.82) is 0 Å². The molecule has 1 aromatic rings. The topological polar surface area (TPSA) is 71.1 Å². The van der Waals surface area contributed by atoms with Crippen LogP contribution in [0.5, 0.6) is 11.5 Å². The SMILES string of the molecule is COC(=O)C(=Cc1cc(OC)cc(OC)c1)C(=O)OC. The Labute approximate surface area is 116 Å². The molecule has 0 aliphatic heterocycles. The quantitative estimate of drug-likeness (QED) is 0.352. The summed E-state index contributed by atoms with van der Waals surface area (Å²) in [5, 5.41) is 0. The Balaban J connectivity index is 3.29. The maximum Gasteiger partial charge on any atom is 0.345 e. The van der Waals surface area contributed by atoms with E-state index < -0.39 is 11.9 Å². The van der Waals surface area contributed by atoms with Crippen LogP contribution in [-0.2, 0) is 19.1 Å². The Morgan fingerprint density at radius 1 is 0.850 bits per heavy atom. The fourth-order valence-corrected chi connectivity index (χ4v) is 1.50. The lowest BCUT2D eigenvalue weighted by Crippen LogP contribution is -2.15. The molecule has 0 atom stereocenters. The van der Waals surface area contributed by atoms with Gasteiger partial charge in [0.25, 0.3) is 0 Å². The van der Waals surface area contributed by atoms with Crippen LogP contribution < -0.4 is 9.47 Å². The van der Waals surface area contributed by atoms with Crippen molar-refractivity contribution in [1.82, 2.24) is 0 Å². The molecule has 0 spiro atoms. The third kappa shape index (κ3) is 3.74. The molecule has 0 radical (unpaired) electrons. The van der Waals surface area contributed by atoms with Gasteiger partial charge in [0.15, 0.2) is 0 Å². The number of rotatable bonds is 5. The molecule has 0 heterocycles. The van der Waals surface area contributed by atoms with Crippen LogP contribution in [0.3, 0.4) is 0 Å². The van der Waals surface area contributed by atoms with Crippen molar-refractivity contribution in [3.63, 3.8) is 0 Å². The second-order valence-electron chi connectivity index (χ2n) is 3.69. The Morgan fingerprint density at radius 3 is 1.65 bits per heavy atom. The van der Waals surface area contributed by atoms with Crippen molar-refractivity contribution in [2.45, 2.75) is 0 Å². The molecule has 0 saturated heterocycles. The van der Waals surface area contributed by atoms with Gasteiger partial charge in [-0.1, -0.05) is 0 Å². The number of ether oxygens (including phenoxy) is 4. The fourth-order valence-electron chi connectivity index (χ4n) is 1.50. The molecule has 6 heteroatoms. The molecular weight excluding hydrogens is 264 g/mol. The van der Waals surface area contributed by atoms with Crippen molar-refractivity contribution >= 4 is 18.0 Å². The van der Waals surface area contributed by atoms with Crippen molar-refractivity contribution in [3.8, 4) is 11.5 Å². The highest BCUT2D eigenvalue weighted by Gasteiger charge is 2.19. The van der Waals surface area contributed by atoms with E-state index in [0.29, 0.717) is 17.1 Å². The molecular formula is C14H16O6. The average Bonchev–Trinajstić information content (AvgIpc) is 2.50. The molecule has 0 bridgehead atoms. The van der Waals surface area contributed by atoms with Gasteiger partial charge in [0.2, 0.25) is 0 Å². The van der Waals surface area contributed by atoms with Crippen LogP contribution in [0, 0.1) is 0 Å². The molecule has 108 valence electrons. The van der Waals surface area contributed by atoms with E-state index in [1.807, 2.05) is 0 Å². The Bertz CT molecular complexity index is 492. The summed E-state index contributed by atoms with van der Waals surface area (Å²) in [6, 6.07) is 4.97. The van der Waals surface area contributed by atoms with Gasteiger partial charge in [-0.2, -0.15) is 0 Å². The average molecular weight is 280 g/mol. The zero-order chi connectivity index (χ0) is 15.1. The maximum atomic E-state index is 11.6. The number of hydrogen-bond donors (Lipinski definition) is 0. The predicted molar refractivity (Wildman–Crippen MR) is 71.6 cm³/mol. The minimum atomic E-state index is -0.779. The highest BCUT2D eigenvalue weighted by Crippen LogP contribution is 2.24. The normalized spacial score (nSPS) is 9.40. The molecule has 0 aliphatic carbocycles. The Kier molecular flexibility index (Phi) is 5.58. The van der Waals surface area contributed by atoms with Gasteiger partial charge in [-0.3, -0.25) is 0 Å². The first-order valence-electron chi connectivity index (χ1n) is 5.67. The van der Waals surface area contributed by atoms with Crippen molar-refractivity contribution in [2.24, 2.45) is 0 Å². The van der Waals surface area contributed by atoms with E-state index >= 15 is 0 Å². The molecule has 20 heavy (non-hydrogen) atoms. The van der Waals surface area contributed by atoms with Gasteiger partial charge in [0.05, 0.1) is 28.4 Å². The van der Waals surface area contributed by atoms with Gasteiger partial charge in [-0.05, 0) is 23.8 Å². The second-order valence-corrected chi connectivity index (χ2v) is 3.69. The Morgan fingerprint density at radius 2 is 1.30 bits per heavy atom. The summed E-state index contributed by atoms with van der Waals surface area (Å²) in [4.78, 5) is 23.1. The zero-order valence-electron chi connectivity index (χ0n) is 11.8. The highest BCUT2D eigenvalue weighted by molar-refractivity contribution is 6.17. The molecule has 0 aromatic heterocycles. The number of benzene rings is 1. The van der Waals surface area contributed by atoms with Gasteiger partial charge in [-0.25, -0.2) is 9.59 Å². The lowest BCUT2D eigenvalue weighted by molar-refractivity contribution is -0.143. The number of esters is 2. The van der Waals surface area contributed by atoms with Crippen LogP contribution in [0.25, 0.3) is 6.08 Å². The van der Waals surface area contributed by atoms with Crippen LogP contribution in [0.2, 0.25) is 0 Å². The first-order valence-corrected chi connectivity index (χ1v) is 5.67. The van der Waals surface area contributed by atoms with Gasteiger partial charge < -0.3 is 18.9 Å². The molecule has 1 rings (SSSR count). The molecule has 0 aliphatic rings. The van der Waals surface area contributed by atoms with Gasteiger partial charge in [-0.15, -0.1) is 0 Å². The smallest absolute Gasteiger partial charge is 0.345 e. The van der Waals surface area contributed by atoms with Crippen LogP contribution >= 0.6 is 0 Å². The van der Waals surface area contributed by atoms with Crippen molar-refractivity contribution < 1.29 is 28.5 Å². The van der Waals surface area contributed by atoms with E-state index in [-0.39, 0.29) is 5.57 Å². The number of carbonyl (C=O) groups is 2. The lowest BCUT2D eigenvalue weighted by Gasteiger charge is -2.07. The molecule has 0 saturated carbocycles. The molecule has 0 unspecified atom stereocenters. The van der Waals surface area contributed by atoms with E-state index in [9.17, 15) is 9.59 Å². The van der Waals surface area contributed by atoms with E-state index in [4.69, 9.17) is 9.47 Å². The Hall–Kier alpha value is -2.50. The van der Waals surface area contributed by atoms with Gasteiger partial charge in [0, 0.05) is 6.07 Å². The first-order chi connectivity index (χ1) is 9.55. The van der Waals surface area contributed by atoms with E-state index in [1.165, 1.54) is 34.5 Å². The summed E-state index contributed by atoms with van der Waals surface area (Å²) < 4.78 is 19.3. The second kappa shape index (κ2) is 7.18. The first kappa shape index (κ1) is 15.6. The van der Waals surface area contributed by atoms with E-state index in [0.717, 1.165) is 0 Å². The minimum Gasteiger partial charge on any atom is -0.497 e. The van der Waals surface area contributed by atoms with Crippen molar-refractivity contribution in [3.05, 3.63) is 29.3 Å². The van der Waals surface area contributed by atoms with Crippen LogP contribution in [0.15, 0.2) is 23.8 Å². The molecule has 0 amide bonds. The molecule has 1 aromatic carbocycles. The van der Waals surface area contributed by atoms with Crippen molar-refractivity contribution in [2.75, 3.05) is 28.4 Å². The zero-order valence-corrected chi connectivity index (χ0v) is 11.8. The summed E-state index contributed by atoms with van der Waals surface area (Å²) in [6.45, 7) is 0. The third-order valence-electron chi connectivity index (χ3n) is 2.50. The fraction of sp³-hybridized carbons (Fsp3) is 0.286. The third-order valence-corrected chi connectivity index (χ3v) is 2.50. The molecule has 0 N–H and O–H groups in total. The number of hydrogen-bond acceptors (Lipinski definition) is 6. The number of methoxy groups -OCH3 is 4. The number of carbonyl (C=O) groups excluding carboxylic acids is 2. The van der Waals surface area contributed by atoms with Gasteiger partial charge >= 0.3 is 11.9 Å². The largest absolute Gasteiger partial charge is 0.497 e. The summed E-state index contributed by atoms with van der Waals surface area (Å²) in [6.07, 6.45) is 1.35. The van der Waals surface area contributed by atoms with Crippen LogP contribution in [0.1, 0.15) is 5.56 Å². The van der Waals surface area contributed by atoms with Crippen LogP contribution in [-0.4, -0.2) is 40.4 Å². The van der Waals surface area contributed by atoms with E-state index in [2.05, 4.69) is 9.47 Å². The molecule has 6 nitrogen and oxygen atoms in total. The summed E-state index contributed by atoms with van der Waals surface area (Å²) >= 11 is 0. The standard InChI is InChI=1S/C14H16O6/c1-17-10-5-9(6-11(8-10)18-2)7-12(13(15)19-3)14(16)20-4/h5-8H,1-4H3. The minimum absolute atomic E-state index is 0.217. The maximum absolute atomic E-state index is 11.6. The highest BCUT2D eigenvalue weighted by atomic mass is 16.5. The summed E-state index contributed by atoms with van der Waals surface area (Å²) in [5.41, 5.74) is 0.331. The van der Waals surface area contributed by atoms with E-state index in [1.54, 1.807) is 18.2 Å². The summed E-state index contributed by atoms with van der Waals surface area (Å²) in [7, 11) is 5.38. The predicted octanol–water partition coefficient (Wildman–Crippen LogP) is 1.43. The van der Waals surface area contributed by atoms with Crippen LogP contribution in [0.4, 0.5) is 0 Å². The van der Waals surface area contributed by atoms with Gasteiger partial charge in [0.1, 0.15) is 17.1 Å². The molecule has 0 fully saturated rings.